The summed E-state index contributed by atoms with van der Waals surface area (Å²) >= 11 is 0. The molecule has 2 N–H and O–H groups in total. The van der Waals surface area contributed by atoms with Gasteiger partial charge >= 0.3 is 0 Å². The Bertz CT molecular complexity index is 689. The second-order valence-corrected chi connectivity index (χ2v) is 10.5. The molecule has 0 radical (unpaired) electrons. The first-order chi connectivity index (χ1) is 13.8. The summed E-state index contributed by atoms with van der Waals surface area (Å²) in [6, 6.07) is 5.12. The second-order valence-electron chi connectivity index (χ2n) is 10.5. The van der Waals surface area contributed by atoms with E-state index in [0.717, 1.165) is 17.4 Å². The SMILES string of the molecule is CC1=CCC2CC1C2(C)C.CCCCCCC1(c2cc(O)cc(O)c2)CCCC1. The molecule has 2 heteroatoms. The van der Waals surface area contributed by atoms with Crippen LogP contribution in [0.15, 0.2) is 29.8 Å². The lowest BCUT2D eigenvalue weighted by Crippen LogP contribution is -2.47. The zero-order chi connectivity index (χ0) is 21.1. The molecule has 0 aromatic heterocycles. The molecule has 0 amide bonds. The minimum atomic E-state index is 0.190. The zero-order valence-electron chi connectivity index (χ0n) is 19.1. The molecule has 1 aromatic carbocycles. The van der Waals surface area contributed by atoms with Crippen molar-refractivity contribution in [2.24, 2.45) is 17.3 Å². The van der Waals surface area contributed by atoms with Gasteiger partial charge in [-0.25, -0.2) is 0 Å². The van der Waals surface area contributed by atoms with Crippen molar-refractivity contribution in [2.75, 3.05) is 0 Å². The van der Waals surface area contributed by atoms with E-state index in [4.69, 9.17) is 0 Å². The standard InChI is InChI=1S/C17H26O2.C10H16/c1-2-3-4-5-8-17(9-6-7-10-17)14-11-15(18)13-16(19)12-14;1-7-4-5-8-6-9(7)10(8,2)3/h11-13,18-19H,2-10H2,1H3;4,8-9H,5-6H2,1-3H3. The number of unbranched alkanes of at least 4 members (excludes halogenated alkanes) is 3. The van der Waals surface area contributed by atoms with Crippen LogP contribution in [0.5, 0.6) is 11.5 Å². The maximum Gasteiger partial charge on any atom is 0.119 e. The van der Waals surface area contributed by atoms with E-state index < -0.39 is 0 Å². The predicted molar refractivity (Wildman–Crippen MR) is 122 cm³/mol. The van der Waals surface area contributed by atoms with Gasteiger partial charge in [0.25, 0.3) is 0 Å². The highest BCUT2D eigenvalue weighted by Crippen LogP contribution is 2.58. The maximum atomic E-state index is 9.72. The van der Waals surface area contributed by atoms with Crippen LogP contribution in [0.25, 0.3) is 0 Å². The molecule has 162 valence electrons. The van der Waals surface area contributed by atoms with Crippen LogP contribution in [-0.4, -0.2) is 10.2 Å². The lowest BCUT2D eigenvalue weighted by atomic mass is 9.49. The van der Waals surface area contributed by atoms with E-state index in [1.807, 2.05) is 12.1 Å². The fourth-order valence-electron chi connectivity index (χ4n) is 6.19. The van der Waals surface area contributed by atoms with Gasteiger partial charge in [0.2, 0.25) is 0 Å². The molecule has 2 nitrogen and oxygen atoms in total. The molecular formula is C27H42O2. The van der Waals surface area contributed by atoms with E-state index in [9.17, 15) is 10.2 Å². The van der Waals surface area contributed by atoms with Crippen molar-refractivity contribution in [1.82, 2.24) is 0 Å². The molecular weight excluding hydrogens is 356 g/mol. The number of rotatable bonds is 6. The molecule has 4 aliphatic carbocycles. The van der Waals surface area contributed by atoms with Gasteiger partial charge in [0.1, 0.15) is 11.5 Å². The van der Waals surface area contributed by atoms with E-state index in [2.05, 4.69) is 33.8 Å². The summed E-state index contributed by atoms with van der Waals surface area (Å²) in [6.07, 6.45) is 16.5. The number of phenolic OH excluding ortho intramolecular Hbond substituents is 2. The van der Waals surface area contributed by atoms with Gasteiger partial charge in [0.05, 0.1) is 0 Å². The lowest BCUT2D eigenvalue weighted by molar-refractivity contribution is -0.00579. The van der Waals surface area contributed by atoms with Gasteiger partial charge in [-0.05, 0) is 79.4 Å². The van der Waals surface area contributed by atoms with Crippen LogP contribution in [0.4, 0.5) is 0 Å². The molecule has 5 rings (SSSR count). The van der Waals surface area contributed by atoms with Crippen LogP contribution in [-0.2, 0) is 5.41 Å². The van der Waals surface area contributed by atoms with Gasteiger partial charge in [0, 0.05) is 6.07 Å². The largest absolute Gasteiger partial charge is 0.508 e. The molecule has 29 heavy (non-hydrogen) atoms. The van der Waals surface area contributed by atoms with Crippen molar-refractivity contribution < 1.29 is 10.2 Å². The summed E-state index contributed by atoms with van der Waals surface area (Å²) in [5.41, 5.74) is 3.62. The third-order valence-corrected chi connectivity index (χ3v) is 8.33. The van der Waals surface area contributed by atoms with Crippen LogP contribution in [0, 0.1) is 17.3 Å². The van der Waals surface area contributed by atoms with Gasteiger partial charge in [0.15, 0.2) is 0 Å². The molecule has 2 saturated carbocycles. The highest BCUT2D eigenvalue weighted by Gasteiger charge is 2.49. The number of aromatic hydroxyl groups is 2. The molecule has 2 bridgehead atoms. The number of phenols is 2. The molecule has 2 unspecified atom stereocenters. The van der Waals surface area contributed by atoms with E-state index in [1.54, 1.807) is 5.57 Å². The smallest absolute Gasteiger partial charge is 0.119 e. The van der Waals surface area contributed by atoms with Crippen molar-refractivity contribution in [3.05, 3.63) is 35.4 Å². The fourth-order valence-corrected chi connectivity index (χ4v) is 6.19. The summed E-state index contributed by atoms with van der Waals surface area (Å²) in [5.74, 6) is 2.30. The first kappa shape index (κ1) is 22.2. The number of hydrogen-bond acceptors (Lipinski definition) is 2. The highest BCUT2D eigenvalue weighted by molar-refractivity contribution is 5.41. The van der Waals surface area contributed by atoms with Crippen LogP contribution in [0.3, 0.4) is 0 Å². The average Bonchev–Trinajstić information content (AvgIpc) is 3.15. The van der Waals surface area contributed by atoms with E-state index in [0.29, 0.717) is 5.41 Å². The van der Waals surface area contributed by atoms with Crippen molar-refractivity contribution in [3.63, 3.8) is 0 Å². The molecule has 2 fully saturated rings. The van der Waals surface area contributed by atoms with E-state index in [-0.39, 0.29) is 16.9 Å². The van der Waals surface area contributed by atoms with Gasteiger partial charge < -0.3 is 10.2 Å². The Morgan fingerprint density at radius 3 is 2.10 bits per heavy atom. The maximum absolute atomic E-state index is 9.72. The molecule has 0 aliphatic heterocycles. The van der Waals surface area contributed by atoms with Gasteiger partial charge in [-0.15, -0.1) is 0 Å². The second kappa shape index (κ2) is 9.14. The van der Waals surface area contributed by atoms with Crippen molar-refractivity contribution in [2.45, 2.75) is 104 Å². The molecule has 0 spiro atoms. The normalized spacial score (nSPS) is 26.1. The molecule has 2 atom stereocenters. The van der Waals surface area contributed by atoms with Crippen molar-refractivity contribution >= 4 is 0 Å². The Balaban J connectivity index is 0.000000200. The van der Waals surface area contributed by atoms with E-state index >= 15 is 0 Å². The Morgan fingerprint density at radius 2 is 1.62 bits per heavy atom. The van der Waals surface area contributed by atoms with Crippen LogP contribution >= 0.6 is 0 Å². The fraction of sp³-hybridized carbons (Fsp3) is 0.704. The first-order valence-electron chi connectivity index (χ1n) is 12.0. The Labute approximate surface area is 178 Å². The van der Waals surface area contributed by atoms with Crippen molar-refractivity contribution in [1.29, 1.82) is 0 Å². The highest BCUT2D eigenvalue weighted by atomic mass is 16.3. The van der Waals surface area contributed by atoms with Crippen molar-refractivity contribution in [3.8, 4) is 11.5 Å². The first-order valence-corrected chi connectivity index (χ1v) is 12.0. The third-order valence-electron chi connectivity index (χ3n) is 8.33. The molecule has 4 aliphatic rings. The number of allylic oxidation sites excluding steroid dienone is 2. The van der Waals surface area contributed by atoms with Gasteiger partial charge in [-0.1, -0.05) is 70.9 Å². The Kier molecular flexibility index (Phi) is 7.02. The minimum Gasteiger partial charge on any atom is -0.508 e. The predicted octanol–water partition coefficient (Wildman–Crippen LogP) is 7.88. The third kappa shape index (κ3) is 4.84. The summed E-state index contributed by atoms with van der Waals surface area (Å²) in [6.45, 7) is 9.37. The average molecular weight is 399 g/mol. The summed E-state index contributed by atoms with van der Waals surface area (Å²) in [5, 5.41) is 19.4. The molecule has 0 heterocycles. The van der Waals surface area contributed by atoms with Crippen LogP contribution in [0.2, 0.25) is 0 Å². The Morgan fingerprint density at radius 1 is 0.966 bits per heavy atom. The minimum absolute atomic E-state index is 0.190. The van der Waals surface area contributed by atoms with Gasteiger partial charge in [-0.2, -0.15) is 0 Å². The topological polar surface area (TPSA) is 40.5 Å². The summed E-state index contributed by atoms with van der Waals surface area (Å²) < 4.78 is 0. The van der Waals surface area contributed by atoms with Gasteiger partial charge in [-0.3, -0.25) is 0 Å². The molecule has 0 saturated heterocycles. The summed E-state index contributed by atoms with van der Waals surface area (Å²) in [4.78, 5) is 0. The van der Waals surface area contributed by atoms with Crippen LogP contribution < -0.4 is 0 Å². The number of fused-ring (bicyclic) bond motifs is 1. The van der Waals surface area contributed by atoms with E-state index in [1.165, 1.54) is 76.7 Å². The molecule has 1 aromatic rings. The summed E-state index contributed by atoms with van der Waals surface area (Å²) in [7, 11) is 0. The number of benzene rings is 1. The quantitative estimate of drug-likeness (QED) is 0.378. The number of hydrogen-bond donors (Lipinski definition) is 2. The Hall–Kier alpha value is -1.44. The monoisotopic (exact) mass is 398 g/mol. The lowest BCUT2D eigenvalue weighted by Gasteiger charge is -2.56. The zero-order valence-corrected chi connectivity index (χ0v) is 19.1. The van der Waals surface area contributed by atoms with Crippen LogP contribution in [0.1, 0.15) is 104 Å².